The first-order valence-electron chi connectivity index (χ1n) is 6.24. The smallest absolute Gasteiger partial charge is 0.128 e. The maximum Gasteiger partial charge on any atom is 0.128 e. The molecule has 1 aromatic heterocycles. The summed E-state index contributed by atoms with van der Waals surface area (Å²) >= 11 is 0. The minimum absolute atomic E-state index is 0.891. The normalized spacial score (nSPS) is 17.5. The lowest BCUT2D eigenvalue weighted by Crippen LogP contribution is -2.44. The molecule has 0 saturated carbocycles. The molecule has 4 nitrogen and oxygen atoms in total. The Kier molecular flexibility index (Phi) is 3.97. The minimum atomic E-state index is 0.891. The van der Waals surface area contributed by atoms with Crippen molar-refractivity contribution >= 4 is 5.82 Å². The molecule has 2 rings (SSSR count). The fourth-order valence-electron chi connectivity index (χ4n) is 2.15. The van der Waals surface area contributed by atoms with Crippen LogP contribution in [-0.4, -0.2) is 50.2 Å². The van der Waals surface area contributed by atoms with E-state index in [-0.39, 0.29) is 0 Å². The summed E-state index contributed by atoms with van der Waals surface area (Å²) in [5.41, 5.74) is 2.61. The minimum Gasteiger partial charge on any atom is -0.354 e. The third kappa shape index (κ3) is 2.96. The van der Waals surface area contributed by atoms with Crippen LogP contribution in [0.3, 0.4) is 0 Å². The molecule has 4 heteroatoms. The van der Waals surface area contributed by atoms with Crippen LogP contribution in [0.2, 0.25) is 0 Å². The van der Waals surface area contributed by atoms with E-state index < -0.39 is 0 Å². The molecule has 1 saturated heterocycles. The summed E-state index contributed by atoms with van der Waals surface area (Å²) in [7, 11) is 4.14. The molecule has 2 heterocycles. The topological polar surface area (TPSA) is 31.4 Å². The lowest BCUT2D eigenvalue weighted by Gasteiger charge is -2.33. The first-order valence-corrected chi connectivity index (χ1v) is 6.24. The molecule has 0 spiro atoms. The van der Waals surface area contributed by atoms with Crippen LogP contribution in [0.1, 0.15) is 11.1 Å². The monoisotopic (exact) mass is 234 g/mol. The highest BCUT2D eigenvalue weighted by Crippen LogP contribution is 2.17. The zero-order valence-corrected chi connectivity index (χ0v) is 11.0. The molecule has 0 aliphatic carbocycles. The van der Waals surface area contributed by atoms with Crippen LogP contribution < -0.4 is 10.2 Å². The molecule has 1 N–H and O–H groups in total. The summed E-state index contributed by atoms with van der Waals surface area (Å²) < 4.78 is 0. The van der Waals surface area contributed by atoms with Gasteiger partial charge in [0.15, 0.2) is 0 Å². The maximum atomic E-state index is 4.57. The number of hydrogen-bond acceptors (Lipinski definition) is 4. The van der Waals surface area contributed by atoms with E-state index in [4.69, 9.17) is 0 Å². The van der Waals surface area contributed by atoms with Gasteiger partial charge in [0.2, 0.25) is 0 Å². The second-order valence-electron chi connectivity index (χ2n) is 4.79. The Hall–Kier alpha value is -1.13. The summed E-state index contributed by atoms with van der Waals surface area (Å²) in [5, 5.41) is 3.17. The average molecular weight is 234 g/mol. The molecule has 1 aromatic rings. The van der Waals surface area contributed by atoms with Gasteiger partial charge in [0.25, 0.3) is 0 Å². The number of piperazine rings is 1. The number of hydrogen-bond donors (Lipinski definition) is 1. The Bertz CT molecular complexity index is 370. The second-order valence-corrected chi connectivity index (χ2v) is 4.79. The molecular weight excluding hydrogens is 212 g/mol. The number of likely N-dealkylation sites (N-methyl/N-ethyl adjacent to an activating group) is 1. The fraction of sp³-hybridized carbons (Fsp3) is 0.615. The van der Waals surface area contributed by atoms with Crippen molar-refractivity contribution in [2.45, 2.75) is 13.5 Å². The molecule has 0 bridgehead atoms. The Morgan fingerprint density at radius 1 is 1.29 bits per heavy atom. The van der Waals surface area contributed by atoms with Crippen molar-refractivity contribution in [3.8, 4) is 0 Å². The standard InChI is InChI=1S/C13H22N4/c1-11-8-13(15-10-12(11)9-14-2)17-6-4-16(3)5-7-17/h8,10,14H,4-7,9H2,1-3H3. The van der Waals surface area contributed by atoms with E-state index in [1.807, 2.05) is 13.2 Å². The Morgan fingerprint density at radius 2 is 2.00 bits per heavy atom. The molecule has 0 radical (unpaired) electrons. The van der Waals surface area contributed by atoms with Gasteiger partial charge in [0, 0.05) is 38.9 Å². The van der Waals surface area contributed by atoms with Crippen LogP contribution in [0.15, 0.2) is 12.3 Å². The highest BCUT2D eigenvalue weighted by Gasteiger charge is 2.15. The molecule has 0 amide bonds. The lowest BCUT2D eigenvalue weighted by atomic mass is 10.1. The largest absolute Gasteiger partial charge is 0.354 e. The Morgan fingerprint density at radius 3 is 2.59 bits per heavy atom. The number of nitrogens with one attached hydrogen (secondary N) is 1. The van der Waals surface area contributed by atoms with E-state index >= 15 is 0 Å². The van der Waals surface area contributed by atoms with Gasteiger partial charge in [-0.25, -0.2) is 4.98 Å². The first kappa shape index (κ1) is 12.3. The van der Waals surface area contributed by atoms with Gasteiger partial charge in [0.1, 0.15) is 5.82 Å². The maximum absolute atomic E-state index is 4.57. The molecular formula is C13H22N4. The summed E-state index contributed by atoms with van der Waals surface area (Å²) in [6, 6.07) is 2.21. The molecule has 0 unspecified atom stereocenters. The van der Waals surface area contributed by atoms with E-state index in [0.29, 0.717) is 0 Å². The summed E-state index contributed by atoms with van der Waals surface area (Å²) in [6.45, 7) is 7.45. The highest BCUT2D eigenvalue weighted by molar-refractivity contribution is 5.43. The van der Waals surface area contributed by atoms with Crippen molar-refractivity contribution in [1.29, 1.82) is 0 Å². The Balaban J connectivity index is 2.09. The van der Waals surface area contributed by atoms with Crippen LogP contribution in [-0.2, 0) is 6.54 Å². The SMILES string of the molecule is CNCc1cnc(N2CCN(C)CC2)cc1C. The van der Waals surface area contributed by atoms with Crippen LogP contribution in [0.4, 0.5) is 5.82 Å². The van der Waals surface area contributed by atoms with Crippen LogP contribution in [0, 0.1) is 6.92 Å². The summed E-state index contributed by atoms with van der Waals surface area (Å²) in [4.78, 5) is 9.31. The number of rotatable bonds is 3. The second kappa shape index (κ2) is 5.47. The van der Waals surface area contributed by atoms with Crippen molar-refractivity contribution < 1.29 is 0 Å². The number of aryl methyl sites for hydroxylation is 1. The molecule has 94 valence electrons. The predicted molar refractivity (Wildman–Crippen MR) is 71.4 cm³/mol. The zero-order chi connectivity index (χ0) is 12.3. The van der Waals surface area contributed by atoms with Crippen molar-refractivity contribution in [1.82, 2.24) is 15.2 Å². The number of pyridine rings is 1. The Labute approximate surface area is 104 Å². The van der Waals surface area contributed by atoms with Gasteiger partial charge in [0.05, 0.1) is 0 Å². The zero-order valence-electron chi connectivity index (χ0n) is 11.0. The van der Waals surface area contributed by atoms with E-state index in [1.54, 1.807) is 0 Å². The van der Waals surface area contributed by atoms with Crippen molar-refractivity contribution in [2.24, 2.45) is 0 Å². The predicted octanol–water partition coefficient (Wildman–Crippen LogP) is 0.861. The molecule has 0 aromatic carbocycles. The van der Waals surface area contributed by atoms with Gasteiger partial charge in [-0.2, -0.15) is 0 Å². The van der Waals surface area contributed by atoms with Crippen LogP contribution in [0.25, 0.3) is 0 Å². The number of anilines is 1. The van der Waals surface area contributed by atoms with E-state index in [0.717, 1.165) is 38.5 Å². The molecule has 1 aliphatic heterocycles. The van der Waals surface area contributed by atoms with Crippen molar-refractivity contribution in [2.75, 3.05) is 45.2 Å². The molecule has 17 heavy (non-hydrogen) atoms. The van der Waals surface area contributed by atoms with E-state index in [2.05, 4.69) is 40.1 Å². The van der Waals surface area contributed by atoms with Gasteiger partial charge in [-0.05, 0) is 38.2 Å². The number of nitrogens with zero attached hydrogens (tertiary/aromatic N) is 3. The van der Waals surface area contributed by atoms with Crippen molar-refractivity contribution in [3.05, 3.63) is 23.4 Å². The quantitative estimate of drug-likeness (QED) is 0.840. The third-order valence-electron chi connectivity index (χ3n) is 3.40. The van der Waals surface area contributed by atoms with Gasteiger partial charge in [-0.15, -0.1) is 0 Å². The first-order chi connectivity index (χ1) is 8.20. The fourth-order valence-corrected chi connectivity index (χ4v) is 2.15. The average Bonchev–Trinajstić information content (AvgIpc) is 2.33. The summed E-state index contributed by atoms with van der Waals surface area (Å²) in [5.74, 6) is 1.12. The summed E-state index contributed by atoms with van der Waals surface area (Å²) in [6.07, 6.45) is 2.00. The molecule has 1 fully saturated rings. The molecule has 0 atom stereocenters. The lowest BCUT2D eigenvalue weighted by molar-refractivity contribution is 0.312. The third-order valence-corrected chi connectivity index (χ3v) is 3.40. The number of aromatic nitrogens is 1. The van der Waals surface area contributed by atoms with E-state index in [1.165, 1.54) is 11.1 Å². The van der Waals surface area contributed by atoms with Crippen LogP contribution in [0.5, 0.6) is 0 Å². The van der Waals surface area contributed by atoms with Crippen molar-refractivity contribution in [3.63, 3.8) is 0 Å². The highest BCUT2D eigenvalue weighted by atomic mass is 15.3. The van der Waals surface area contributed by atoms with Gasteiger partial charge in [-0.1, -0.05) is 0 Å². The van der Waals surface area contributed by atoms with Gasteiger partial charge < -0.3 is 15.1 Å². The van der Waals surface area contributed by atoms with Gasteiger partial charge >= 0.3 is 0 Å². The van der Waals surface area contributed by atoms with Gasteiger partial charge in [-0.3, -0.25) is 0 Å². The van der Waals surface area contributed by atoms with E-state index in [9.17, 15) is 0 Å². The molecule has 1 aliphatic rings. The van der Waals surface area contributed by atoms with Crippen LogP contribution >= 0.6 is 0 Å².